The van der Waals surface area contributed by atoms with Gasteiger partial charge in [-0.1, -0.05) is 6.07 Å². The lowest BCUT2D eigenvalue weighted by atomic mass is 9.92. The maximum atomic E-state index is 5.57. The number of rotatable bonds is 3. The molecule has 0 amide bonds. The van der Waals surface area contributed by atoms with Crippen molar-refractivity contribution in [2.75, 3.05) is 6.54 Å². The van der Waals surface area contributed by atoms with E-state index in [1.807, 2.05) is 0 Å². The highest BCUT2D eigenvalue weighted by molar-refractivity contribution is 5.70. The van der Waals surface area contributed by atoms with E-state index in [0.29, 0.717) is 6.54 Å². The average molecular weight is 243 g/mol. The van der Waals surface area contributed by atoms with Crippen LogP contribution in [0.5, 0.6) is 0 Å². The van der Waals surface area contributed by atoms with Crippen LogP contribution >= 0.6 is 0 Å². The Morgan fingerprint density at radius 3 is 2.22 bits per heavy atom. The van der Waals surface area contributed by atoms with E-state index in [4.69, 9.17) is 5.73 Å². The molecule has 0 fully saturated rings. The topological polar surface area (TPSA) is 54.7 Å². The number of hydrogen-bond acceptors (Lipinski definition) is 2. The van der Waals surface area contributed by atoms with Gasteiger partial charge in [-0.15, -0.1) is 0 Å². The molecule has 1 aromatic carbocycles. The lowest BCUT2D eigenvalue weighted by Gasteiger charge is -2.13. The number of nitrogens with zero attached hydrogens (tertiary/aromatic N) is 1. The fraction of sp³-hybridized carbons (Fsp3) is 0.400. The first-order valence-corrected chi connectivity index (χ1v) is 6.36. The lowest BCUT2D eigenvalue weighted by Crippen LogP contribution is -2.02. The summed E-state index contributed by atoms with van der Waals surface area (Å²) in [6.07, 6.45) is 0.843. The van der Waals surface area contributed by atoms with Crippen LogP contribution in [-0.2, 0) is 6.42 Å². The smallest absolute Gasteiger partial charge is 0.0929 e. The van der Waals surface area contributed by atoms with Gasteiger partial charge in [-0.05, 0) is 62.6 Å². The molecule has 18 heavy (non-hydrogen) atoms. The van der Waals surface area contributed by atoms with Gasteiger partial charge in [-0.25, -0.2) is 0 Å². The zero-order valence-electron chi connectivity index (χ0n) is 11.6. The first kappa shape index (κ1) is 12.8. The summed E-state index contributed by atoms with van der Waals surface area (Å²) in [5.74, 6) is 0. The minimum Gasteiger partial charge on any atom is -0.330 e. The molecule has 0 bridgehead atoms. The van der Waals surface area contributed by atoms with Crippen LogP contribution in [0.4, 0.5) is 0 Å². The highest BCUT2D eigenvalue weighted by atomic mass is 15.1. The Hall–Kier alpha value is -1.61. The Bertz CT molecular complexity index is 541. The van der Waals surface area contributed by atoms with Crippen LogP contribution in [0.15, 0.2) is 12.1 Å². The Kier molecular flexibility index (Phi) is 3.53. The Morgan fingerprint density at radius 2 is 1.67 bits per heavy atom. The summed E-state index contributed by atoms with van der Waals surface area (Å²) in [5, 5.41) is 7.50. The molecule has 0 saturated carbocycles. The van der Waals surface area contributed by atoms with Crippen LogP contribution in [0.2, 0.25) is 0 Å². The number of nitrogens with two attached hydrogens (primary N) is 1. The van der Waals surface area contributed by atoms with E-state index in [0.717, 1.165) is 17.8 Å². The zero-order valence-corrected chi connectivity index (χ0v) is 11.6. The van der Waals surface area contributed by atoms with Gasteiger partial charge in [0.05, 0.1) is 5.69 Å². The first-order valence-electron chi connectivity index (χ1n) is 6.36. The third-order valence-corrected chi connectivity index (χ3v) is 3.67. The van der Waals surface area contributed by atoms with Gasteiger partial charge in [0, 0.05) is 17.7 Å². The van der Waals surface area contributed by atoms with E-state index in [2.05, 4.69) is 50.0 Å². The van der Waals surface area contributed by atoms with Crippen molar-refractivity contribution in [1.29, 1.82) is 0 Å². The Balaban J connectivity index is 2.55. The maximum Gasteiger partial charge on any atom is 0.0929 e. The van der Waals surface area contributed by atoms with E-state index >= 15 is 0 Å². The summed E-state index contributed by atoms with van der Waals surface area (Å²) in [5.41, 5.74) is 14.2. The molecule has 1 aromatic heterocycles. The van der Waals surface area contributed by atoms with Crippen molar-refractivity contribution in [2.45, 2.75) is 34.1 Å². The number of aromatic nitrogens is 2. The number of hydrogen-bond donors (Lipinski definition) is 2. The molecular weight excluding hydrogens is 222 g/mol. The predicted molar refractivity (Wildman–Crippen MR) is 75.7 cm³/mol. The van der Waals surface area contributed by atoms with Crippen LogP contribution in [0.3, 0.4) is 0 Å². The highest BCUT2D eigenvalue weighted by Crippen LogP contribution is 2.30. The monoisotopic (exact) mass is 243 g/mol. The summed E-state index contributed by atoms with van der Waals surface area (Å²) >= 11 is 0. The maximum absolute atomic E-state index is 5.57. The third-order valence-electron chi connectivity index (χ3n) is 3.67. The average Bonchev–Trinajstić information content (AvgIpc) is 2.76. The number of H-pyrrole nitrogens is 1. The SMILES string of the molecule is Cc1cc(C)c(C)c(-c2cc(CCN)[nH]n2)c1C. The summed E-state index contributed by atoms with van der Waals surface area (Å²) in [4.78, 5) is 0. The van der Waals surface area contributed by atoms with Gasteiger partial charge >= 0.3 is 0 Å². The minimum absolute atomic E-state index is 0.645. The fourth-order valence-electron chi connectivity index (χ4n) is 2.37. The van der Waals surface area contributed by atoms with Gasteiger partial charge in [-0.2, -0.15) is 5.10 Å². The Morgan fingerprint density at radius 1 is 1.06 bits per heavy atom. The summed E-state index contributed by atoms with van der Waals surface area (Å²) in [6, 6.07) is 4.35. The second-order valence-corrected chi connectivity index (χ2v) is 4.95. The molecule has 0 aliphatic carbocycles. The van der Waals surface area contributed by atoms with Crippen molar-refractivity contribution in [1.82, 2.24) is 10.2 Å². The van der Waals surface area contributed by atoms with E-state index in [9.17, 15) is 0 Å². The molecule has 0 unspecified atom stereocenters. The summed E-state index contributed by atoms with van der Waals surface area (Å²) < 4.78 is 0. The molecule has 3 heteroatoms. The lowest BCUT2D eigenvalue weighted by molar-refractivity contribution is 0.902. The molecule has 0 atom stereocenters. The normalized spacial score (nSPS) is 10.9. The summed E-state index contributed by atoms with van der Waals surface area (Å²) in [7, 11) is 0. The minimum atomic E-state index is 0.645. The van der Waals surface area contributed by atoms with Gasteiger partial charge in [0.15, 0.2) is 0 Å². The molecule has 0 aliphatic rings. The van der Waals surface area contributed by atoms with Crippen molar-refractivity contribution in [3.63, 3.8) is 0 Å². The molecule has 2 aromatic rings. The number of aromatic amines is 1. The largest absolute Gasteiger partial charge is 0.330 e. The molecular formula is C15H21N3. The first-order chi connectivity index (χ1) is 8.54. The fourth-order valence-corrected chi connectivity index (χ4v) is 2.37. The van der Waals surface area contributed by atoms with Crippen LogP contribution in [0.1, 0.15) is 27.9 Å². The standard InChI is InChI=1S/C15H21N3/c1-9-7-10(2)12(4)15(11(9)3)14-8-13(5-6-16)17-18-14/h7-8H,5-6,16H2,1-4H3,(H,17,18). The van der Waals surface area contributed by atoms with Crippen LogP contribution in [0.25, 0.3) is 11.3 Å². The van der Waals surface area contributed by atoms with E-state index in [1.165, 1.54) is 27.8 Å². The van der Waals surface area contributed by atoms with Crippen molar-refractivity contribution >= 4 is 0 Å². The molecule has 2 rings (SSSR count). The van der Waals surface area contributed by atoms with Crippen molar-refractivity contribution in [3.05, 3.63) is 40.1 Å². The molecule has 3 N–H and O–H groups in total. The van der Waals surface area contributed by atoms with E-state index in [-0.39, 0.29) is 0 Å². The molecule has 96 valence electrons. The van der Waals surface area contributed by atoms with Crippen molar-refractivity contribution in [2.24, 2.45) is 5.73 Å². The molecule has 0 aliphatic heterocycles. The van der Waals surface area contributed by atoms with Gasteiger partial charge in [0.25, 0.3) is 0 Å². The van der Waals surface area contributed by atoms with Crippen LogP contribution < -0.4 is 5.73 Å². The molecule has 0 saturated heterocycles. The Labute approximate surface area is 108 Å². The number of aryl methyl sites for hydroxylation is 2. The molecule has 3 nitrogen and oxygen atoms in total. The van der Waals surface area contributed by atoms with Gasteiger partial charge in [0.2, 0.25) is 0 Å². The van der Waals surface area contributed by atoms with E-state index in [1.54, 1.807) is 0 Å². The van der Waals surface area contributed by atoms with Gasteiger partial charge < -0.3 is 5.73 Å². The number of nitrogens with one attached hydrogen (secondary N) is 1. The van der Waals surface area contributed by atoms with Gasteiger partial charge in [-0.3, -0.25) is 5.10 Å². The second kappa shape index (κ2) is 4.94. The molecule has 1 heterocycles. The van der Waals surface area contributed by atoms with E-state index < -0.39 is 0 Å². The third kappa shape index (κ3) is 2.18. The molecule has 0 spiro atoms. The summed E-state index contributed by atoms with van der Waals surface area (Å²) in [6.45, 7) is 9.27. The number of benzene rings is 1. The van der Waals surface area contributed by atoms with Crippen molar-refractivity contribution < 1.29 is 0 Å². The second-order valence-electron chi connectivity index (χ2n) is 4.95. The van der Waals surface area contributed by atoms with Crippen LogP contribution in [0, 0.1) is 27.7 Å². The van der Waals surface area contributed by atoms with Crippen LogP contribution in [-0.4, -0.2) is 16.7 Å². The van der Waals surface area contributed by atoms with Gasteiger partial charge in [0.1, 0.15) is 0 Å². The highest BCUT2D eigenvalue weighted by Gasteiger charge is 2.13. The quantitative estimate of drug-likeness (QED) is 0.871. The predicted octanol–water partition coefficient (Wildman–Crippen LogP) is 2.81. The van der Waals surface area contributed by atoms with Crippen molar-refractivity contribution in [3.8, 4) is 11.3 Å². The zero-order chi connectivity index (χ0) is 13.3. The molecule has 0 radical (unpaired) electrons.